The van der Waals surface area contributed by atoms with Crippen molar-refractivity contribution < 1.29 is 14.7 Å². The number of fused-ring (bicyclic) bond motifs is 1. The molecule has 166 valence electrons. The Morgan fingerprint density at radius 1 is 1.26 bits per heavy atom. The van der Waals surface area contributed by atoms with Gasteiger partial charge in [-0.3, -0.25) is 14.5 Å². The van der Waals surface area contributed by atoms with Crippen molar-refractivity contribution in [3.05, 3.63) is 29.7 Å². The lowest BCUT2D eigenvalue weighted by molar-refractivity contribution is -0.132. The SMILES string of the molecule is CC(=O)N1CC(Nc2cc(C(=O)NC[C@H](O)CN3CCn4c(C)nnc4C3)ncn2)C1. The zero-order valence-electron chi connectivity index (χ0n) is 17.7. The van der Waals surface area contributed by atoms with Gasteiger partial charge < -0.3 is 25.2 Å². The fraction of sp³-hybridized carbons (Fsp3) is 0.579. The zero-order valence-corrected chi connectivity index (χ0v) is 17.7. The molecule has 0 radical (unpaired) electrons. The highest BCUT2D eigenvalue weighted by molar-refractivity contribution is 5.92. The molecular weight excluding hydrogens is 402 g/mol. The van der Waals surface area contributed by atoms with Crippen molar-refractivity contribution in [2.75, 3.05) is 38.0 Å². The van der Waals surface area contributed by atoms with E-state index in [-0.39, 0.29) is 30.1 Å². The van der Waals surface area contributed by atoms with Crippen LogP contribution in [0.5, 0.6) is 0 Å². The summed E-state index contributed by atoms with van der Waals surface area (Å²) in [6, 6.07) is 1.67. The average molecular weight is 429 g/mol. The third-order valence-electron chi connectivity index (χ3n) is 5.56. The molecule has 1 fully saturated rings. The minimum Gasteiger partial charge on any atom is -0.390 e. The zero-order chi connectivity index (χ0) is 22.0. The Morgan fingerprint density at radius 3 is 2.84 bits per heavy atom. The largest absolute Gasteiger partial charge is 0.390 e. The van der Waals surface area contributed by atoms with Crippen LogP contribution >= 0.6 is 0 Å². The maximum atomic E-state index is 12.4. The summed E-state index contributed by atoms with van der Waals surface area (Å²) < 4.78 is 2.08. The molecule has 4 heterocycles. The maximum absolute atomic E-state index is 12.4. The first-order valence-electron chi connectivity index (χ1n) is 10.3. The summed E-state index contributed by atoms with van der Waals surface area (Å²) in [6.45, 7) is 7.43. The predicted octanol–water partition coefficient (Wildman–Crippen LogP) is -1.37. The normalized spacial score (nSPS) is 17.6. The van der Waals surface area contributed by atoms with Gasteiger partial charge in [0, 0.05) is 52.3 Å². The standard InChI is InChI=1S/C19H27N9O3/c1-12-24-25-18-10-26(3-4-28(12)18)9-15(30)6-20-19(31)16-5-17(22-11-21-16)23-14-7-27(8-14)13(2)29/h5,11,14-15,30H,3-4,6-10H2,1-2H3,(H,20,31)(H,21,22,23)/t15-/m0/s1. The number of hydrogen-bond donors (Lipinski definition) is 3. The Morgan fingerprint density at radius 2 is 2.06 bits per heavy atom. The topological polar surface area (TPSA) is 141 Å². The highest BCUT2D eigenvalue weighted by Crippen LogP contribution is 2.14. The molecule has 2 aromatic heterocycles. The van der Waals surface area contributed by atoms with E-state index < -0.39 is 6.10 Å². The number of rotatable bonds is 7. The molecular formula is C19H27N9O3. The molecule has 1 saturated heterocycles. The van der Waals surface area contributed by atoms with E-state index in [0.717, 1.165) is 24.7 Å². The number of hydrogen-bond acceptors (Lipinski definition) is 9. The Bertz CT molecular complexity index is 957. The molecule has 3 N–H and O–H groups in total. The van der Waals surface area contributed by atoms with Gasteiger partial charge in [-0.2, -0.15) is 0 Å². The Kier molecular flexibility index (Phi) is 6.09. The van der Waals surface area contributed by atoms with Crippen LogP contribution in [0.4, 0.5) is 5.82 Å². The molecule has 2 amide bonds. The summed E-state index contributed by atoms with van der Waals surface area (Å²) in [5, 5.41) is 24.5. The molecule has 2 aliphatic rings. The van der Waals surface area contributed by atoms with Gasteiger partial charge in [0.2, 0.25) is 5.91 Å². The van der Waals surface area contributed by atoms with Crippen molar-refractivity contribution in [1.82, 2.24) is 39.8 Å². The smallest absolute Gasteiger partial charge is 0.270 e. The molecule has 31 heavy (non-hydrogen) atoms. The lowest BCUT2D eigenvalue weighted by Crippen LogP contribution is -2.56. The van der Waals surface area contributed by atoms with Crippen LogP contribution in [-0.2, 0) is 17.9 Å². The summed E-state index contributed by atoms with van der Waals surface area (Å²) in [4.78, 5) is 35.7. The van der Waals surface area contributed by atoms with E-state index in [0.29, 0.717) is 32.0 Å². The number of β-amino-alcohol motifs (C(OH)–C–C–N with tert-alkyl or cyclic N) is 1. The van der Waals surface area contributed by atoms with Crippen molar-refractivity contribution in [2.45, 2.75) is 39.1 Å². The van der Waals surface area contributed by atoms with Crippen molar-refractivity contribution in [1.29, 1.82) is 0 Å². The Balaban J connectivity index is 1.23. The molecule has 0 bridgehead atoms. The fourth-order valence-electron chi connectivity index (χ4n) is 3.77. The number of likely N-dealkylation sites (tertiary alicyclic amines) is 1. The number of aliphatic hydroxyl groups is 1. The fourth-order valence-corrected chi connectivity index (χ4v) is 3.77. The number of carbonyl (C=O) groups excluding carboxylic acids is 2. The summed E-state index contributed by atoms with van der Waals surface area (Å²) in [7, 11) is 0. The second-order valence-electron chi connectivity index (χ2n) is 7.97. The molecule has 0 unspecified atom stereocenters. The number of aromatic nitrogens is 5. The molecule has 12 nitrogen and oxygen atoms in total. The van der Waals surface area contributed by atoms with Crippen LogP contribution in [0, 0.1) is 6.92 Å². The molecule has 1 atom stereocenters. The third-order valence-corrected chi connectivity index (χ3v) is 5.56. The number of anilines is 1. The van der Waals surface area contributed by atoms with Crippen LogP contribution in [-0.4, -0.2) is 96.3 Å². The lowest BCUT2D eigenvalue weighted by atomic mass is 10.1. The summed E-state index contributed by atoms with van der Waals surface area (Å²) in [5.74, 6) is 1.98. The van der Waals surface area contributed by atoms with Crippen molar-refractivity contribution >= 4 is 17.6 Å². The highest BCUT2D eigenvalue weighted by Gasteiger charge is 2.28. The second-order valence-corrected chi connectivity index (χ2v) is 7.97. The van der Waals surface area contributed by atoms with Gasteiger partial charge in [-0.05, 0) is 6.92 Å². The number of nitrogens with one attached hydrogen (secondary N) is 2. The molecule has 0 spiro atoms. The number of aliphatic hydroxyl groups excluding tert-OH is 1. The Hall–Kier alpha value is -3.12. The van der Waals surface area contributed by atoms with Gasteiger partial charge in [0.1, 0.15) is 29.5 Å². The van der Waals surface area contributed by atoms with E-state index in [1.54, 1.807) is 11.0 Å². The van der Waals surface area contributed by atoms with Crippen molar-refractivity contribution in [3.8, 4) is 0 Å². The second kappa shape index (κ2) is 8.94. The van der Waals surface area contributed by atoms with Gasteiger partial charge in [-0.15, -0.1) is 10.2 Å². The lowest BCUT2D eigenvalue weighted by Gasteiger charge is -2.39. The number of aryl methyl sites for hydroxylation is 1. The Labute approximate surface area is 179 Å². The van der Waals surface area contributed by atoms with E-state index in [2.05, 4.69) is 40.3 Å². The van der Waals surface area contributed by atoms with Crippen LogP contribution in [0.1, 0.15) is 29.1 Å². The monoisotopic (exact) mass is 429 g/mol. The maximum Gasteiger partial charge on any atom is 0.270 e. The summed E-state index contributed by atoms with van der Waals surface area (Å²) in [5.41, 5.74) is 0.217. The van der Waals surface area contributed by atoms with E-state index in [9.17, 15) is 14.7 Å². The van der Waals surface area contributed by atoms with Crippen LogP contribution in [0.2, 0.25) is 0 Å². The first-order valence-corrected chi connectivity index (χ1v) is 10.3. The van der Waals surface area contributed by atoms with Gasteiger partial charge in [-0.1, -0.05) is 0 Å². The van der Waals surface area contributed by atoms with Gasteiger partial charge in [-0.25, -0.2) is 9.97 Å². The number of amides is 2. The molecule has 0 aliphatic carbocycles. The molecule has 2 aromatic rings. The van der Waals surface area contributed by atoms with E-state index in [1.807, 2.05) is 6.92 Å². The number of carbonyl (C=O) groups is 2. The van der Waals surface area contributed by atoms with E-state index >= 15 is 0 Å². The molecule has 0 aromatic carbocycles. The van der Waals surface area contributed by atoms with Crippen LogP contribution in [0.15, 0.2) is 12.4 Å². The van der Waals surface area contributed by atoms with Gasteiger partial charge >= 0.3 is 0 Å². The first-order chi connectivity index (χ1) is 14.9. The van der Waals surface area contributed by atoms with Crippen LogP contribution in [0.25, 0.3) is 0 Å². The minimum atomic E-state index is -0.716. The van der Waals surface area contributed by atoms with Gasteiger partial charge in [0.05, 0.1) is 18.7 Å². The average Bonchev–Trinajstić information content (AvgIpc) is 3.08. The first kappa shape index (κ1) is 21.1. The van der Waals surface area contributed by atoms with Crippen molar-refractivity contribution in [2.24, 2.45) is 0 Å². The third kappa shape index (κ3) is 4.97. The van der Waals surface area contributed by atoms with Crippen LogP contribution < -0.4 is 10.6 Å². The van der Waals surface area contributed by atoms with Crippen LogP contribution in [0.3, 0.4) is 0 Å². The van der Waals surface area contributed by atoms with E-state index in [1.165, 1.54) is 13.3 Å². The molecule has 0 saturated carbocycles. The van der Waals surface area contributed by atoms with E-state index in [4.69, 9.17) is 0 Å². The molecule has 12 heteroatoms. The predicted molar refractivity (Wildman–Crippen MR) is 110 cm³/mol. The van der Waals surface area contributed by atoms with Gasteiger partial charge in [0.25, 0.3) is 5.91 Å². The highest BCUT2D eigenvalue weighted by atomic mass is 16.3. The molecule has 2 aliphatic heterocycles. The number of nitrogens with zero attached hydrogens (tertiary/aromatic N) is 7. The van der Waals surface area contributed by atoms with Gasteiger partial charge in [0.15, 0.2) is 0 Å². The summed E-state index contributed by atoms with van der Waals surface area (Å²) >= 11 is 0. The minimum absolute atomic E-state index is 0.0425. The quantitative estimate of drug-likeness (QED) is 0.486. The summed E-state index contributed by atoms with van der Waals surface area (Å²) in [6.07, 6.45) is 0.604. The molecule has 4 rings (SSSR count). The van der Waals surface area contributed by atoms with Crippen molar-refractivity contribution in [3.63, 3.8) is 0 Å².